The third kappa shape index (κ3) is 4.36. The van der Waals surface area contributed by atoms with Gasteiger partial charge in [0.15, 0.2) is 5.13 Å². The largest absolute Gasteiger partial charge is 0.296 e. The molecule has 0 unspecified atom stereocenters. The Labute approximate surface area is 159 Å². The summed E-state index contributed by atoms with van der Waals surface area (Å²) in [4.78, 5) is 29.3. The Morgan fingerprint density at radius 3 is 2.85 bits per heavy atom. The Kier molecular flexibility index (Phi) is 5.80. The van der Waals surface area contributed by atoms with Gasteiger partial charge < -0.3 is 0 Å². The quantitative estimate of drug-likeness (QED) is 0.699. The van der Waals surface area contributed by atoms with E-state index in [0.717, 1.165) is 16.9 Å². The fourth-order valence-corrected chi connectivity index (χ4v) is 3.41. The molecule has 0 spiro atoms. The number of carbonyl (C=O) groups is 1. The molecule has 2 heterocycles. The lowest BCUT2D eigenvalue weighted by Gasteiger charge is -2.05. The van der Waals surface area contributed by atoms with Crippen LogP contribution >= 0.6 is 22.9 Å². The maximum Gasteiger partial charge on any atom is 0.277 e. The monoisotopic (exact) mass is 388 g/mol. The van der Waals surface area contributed by atoms with Gasteiger partial charge in [0, 0.05) is 35.1 Å². The van der Waals surface area contributed by atoms with Crippen LogP contribution in [0.5, 0.6) is 0 Å². The molecule has 8 heteroatoms. The van der Waals surface area contributed by atoms with Crippen molar-refractivity contribution >= 4 is 34.0 Å². The predicted octanol–water partition coefficient (Wildman–Crippen LogP) is 3.61. The van der Waals surface area contributed by atoms with E-state index in [9.17, 15) is 9.59 Å². The minimum atomic E-state index is -0.395. The maximum atomic E-state index is 12.4. The van der Waals surface area contributed by atoms with Crippen LogP contribution in [-0.2, 0) is 13.0 Å². The molecule has 0 aliphatic carbocycles. The van der Waals surface area contributed by atoms with Crippen molar-refractivity contribution in [1.82, 2.24) is 14.8 Å². The zero-order valence-corrected chi connectivity index (χ0v) is 15.7. The van der Waals surface area contributed by atoms with Gasteiger partial charge in [-0.05, 0) is 24.1 Å². The molecule has 0 bridgehead atoms. The van der Waals surface area contributed by atoms with Gasteiger partial charge in [-0.2, -0.15) is 5.10 Å². The highest BCUT2D eigenvalue weighted by atomic mass is 35.5. The van der Waals surface area contributed by atoms with E-state index in [1.54, 1.807) is 6.20 Å². The SMILES string of the molecule is CCCn1nc(C(=O)Nc2ncc(Cc3ccccc3Cl)s2)ccc1=O. The van der Waals surface area contributed by atoms with Crippen molar-refractivity contribution in [3.8, 4) is 0 Å². The molecule has 2 aromatic heterocycles. The van der Waals surface area contributed by atoms with Crippen LogP contribution in [0.1, 0.15) is 34.3 Å². The molecular formula is C18H17ClN4O2S. The smallest absolute Gasteiger partial charge is 0.277 e. The number of aromatic nitrogens is 3. The highest BCUT2D eigenvalue weighted by Gasteiger charge is 2.13. The Bertz CT molecular complexity index is 983. The molecule has 0 aliphatic rings. The highest BCUT2D eigenvalue weighted by Crippen LogP contribution is 2.24. The molecule has 3 aromatic rings. The Hall–Kier alpha value is -2.51. The molecule has 0 fully saturated rings. The second-order valence-corrected chi connectivity index (χ2v) is 7.16. The van der Waals surface area contributed by atoms with Crippen molar-refractivity contribution in [3.05, 3.63) is 74.1 Å². The first-order valence-corrected chi connectivity index (χ1v) is 9.34. The number of aryl methyl sites for hydroxylation is 1. The average Bonchev–Trinajstić information content (AvgIpc) is 3.06. The number of thiazole rings is 1. The first-order valence-electron chi connectivity index (χ1n) is 8.14. The second kappa shape index (κ2) is 8.25. The summed E-state index contributed by atoms with van der Waals surface area (Å²) in [6.45, 7) is 2.41. The minimum absolute atomic E-state index is 0.181. The van der Waals surface area contributed by atoms with E-state index in [4.69, 9.17) is 11.6 Å². The zero-order chi connectivity index (χ0) is 18.5. The molecule has 134 valence electrons. The molecule has 3 rings (SSSR count). The molecule has 1 amide bonds. The Morgan fingerprint density at radius 2 is 2.08 bits per heavy atom. The van der Waals surface area contributed by atoms with Gasteiger partial charge in [-0.3, -0.25) is 14.9 Å². The summed E-state index contributed by atoms with van der Waals surface area (Å²) in [5, 5.41) is 8.00. The summed E-state index contributed by atoms with van der Waals surface area (Å²) < 4.78 is 1.29. The number of nitrogens with one attached hydrogen (secondary N) is 1. The third-order valence-electron chi connectivity index (χ3n) is 3.63. The van der Waals surface area contributed by atoms with Gasteiger partial charge in [-0.15, -0.1) is 11.3 Å². The van der Waals surface area contributed by atoms with E-state index in [-0.39, 0.29) is 11.3 Å². The molecule has 1 N–H and O–H groups in total. The zero-order valence-electron chi connectivity index (χ0n) is 14.1. The number of hydrogen-bond acceptors (Lipinski definition) is 5. The van der Waals surface area contributed by atoms with Crippen LogP contribution in [-0.4, -0.2) is 20.7 Å². The van der Waals surface area contributed by atoms with Crippen LogP contribution in [0.2, 0.25) is 5.02 Å². The highest BCUT2D eigenvalue weighted by molar-refractivity contribution is 7.15. The lowest BCUT2D eigenvalue weighted by molar-refractivity contribution is 0.101. The van der Waals surface area contributed by atoms with Crippen molar-refractivity contribution in [1.29, 1.82) is 0 Å². The molecule has 26 heavy (non-hydrogen) atoms. The van der Waals surface area contributed by atoms with Crippen LogP contribution < -0.4 is 10.9 Å². The van der Waals surface area contributed by atoms with E-state index in [2.05, 4.69) is 15.4 Å². The molecule has 0 saturated heterocycles. The van der Waals surface area contributed by atoms with E-state index in [0.29, 0.717) is 23.1 Å². The van der Waals surface area contributed by atoms with Crippen molar-refractivity contribution in [2.75, 3.05) is 5.32 Å². The van der Waals surface area contributed by atoms with Crippen molar-refractivity contribution in [2.24, 2.45) is 0 Å². The van der Waals surface area contributed by atoms with Crippen LogP contribution in [0.25, 0.3) is 0 Å². The van der Waals surface area contributed by atoms with Gasteiger partial charge in [0.25, 0.3) is 11.5 Å². The summed E-state index contributed by atoms with van der Waals surface area (Å²) >= 11 is 7.56. The summed E-state index contributed by atoms with van der Waals surface area (Å²) in [6, 6.07) is 10.4. The number of hydrogen-bond donors (Lipinski definition) is 1. The van der Waals surface area contributed by atoms with Gasteiger partial charge in [-0.1, -0.05) is 36.7 Å². The second-order valence-electron chi connectivity index (χ2n) is 5.63. The van der Waals surface area contributed by atoms with Gasteiger partial charge in [0.1, 0.15) is 5.69 Å². The number of halogens is 1. The molecule has 0 atom stereocenters. The fourth-order valence-electron chi connectivity index (χ4n) is 2.38. The predicted molar refractivity (Wildman–Crippen MR) is 103 cm³/mol. The van der Waals surface area contributed by atoms with Gasteiger partial charge >= 0.3 is 0 Å². The number of benzene rings is 1. The third-order valence-corrected chi connectivity index (χ3v) is 4.91. The van der Waals surface area contributed by atoms with Gasteiger partial charge in [0.05, 0.1) is 0 Å². The van der Waals surface area contributed by atoms with Gasteiger partial charge in [-0.25, -0.2) is 9.67 Å². The average molecular weight is 389 g/mol. The number of nitrogens with zero attached hydrogens (tertiary/aromatic N) is 3. The topological polar surface area (TPSA) is 76.9 Å². The van der Waals surface area contributed by atoms with Crippen LogP contribution in [0.4, 0.5) is 5.13 Å². The Balaban J connectivity index is 1.71. The maximum absolute atomic E-state index is 12.4. The lowest BCUT2D eigenvalue weighted by Crippen LogP contribution is -2.26. The van der Waals surface area contributed by atoms with Crippen molar-refractivity contribution in [3.63, 3.8) is 0 Å². The first kappa shape index (κ1) is 18.3. The molecule has 0 saturated carbocycles. The molecule has 0 aliphatic heterocycles. The molecule has 6 nitrogen and oxygen atoms in total. The summed E-state index contributed by atoms with van der Waals surface area (Å²) in [5.74, 6) is -0.395. The van der Waals surface area contributed by atoms with Crippen LogP contribution in [0.3, 0.4) is 0 Å². The van der Waals surface area contributed by atoms with E-state index < -0.39 is 5.91 Å². The van der Waals surface area contributed by atoms with E-state index >= 15 is 0 Å². The van der Waals surface area contributed by atoms with Crippen LogP contribution in [0.15, 0.2) is 47.4 Å². The molecule has 1 aromatic carbocycles. The molecule has 0 radical (unpaired) electrons. The normalized spacial score (nSPS) is 10.7. The minimum Gasteiger partial charge on any atom is -0.296 e. The van der Waals surface area contributed by atoms with E-state index in [1.807, 2.05) is 31.2 Å². The van der Waals surface area contributed by atoms with Crippen molar-refractivity contribution in [2.45, 2.75) is 26.3 Å². The number of amides is 1. The fraction of sp³-hybridized carbons (Fsp3) is 0.222. The lowest BCUT2D eigenvalue weighted by atomic mass is 10.1. The first-order chi connectivity index (χ1) is 12.6. The standard InChI is InChI=1S/C18H17ClN4O2S/c1-2-9-23-16(24)8-7-15(22-23)17(25)21-18-20-11-13(26-18)10-12-5-3-4-6-14(12)19/h3-8,11H,2,9-10H2,1H3,(H,20,21,25). The van der Waals surface area contributed by atoms with Gasteiger partial charge in [0.2, 0.25) is 0 Å². The molecular weight excluding hydrogens is 372 g/mol. The van der Waals surface area contributed by atoms with Crippen molar-refractivity contribution < 1.29 is 4.79 Å². The number of anilines is 1. The Morgan fingerprint density at radius 1 is 1.27 bits per heavy atom. The number of carbonyl (C=O) groups excluding carboxylic acids is 1. The number of rotatable bonds is 6. The summed E-state index contributed by atoms with van der Waals surface area (Å²) in [7, 11) is 0. The summed E-state index contributed by atoms with van der Waals surface area (Å²) in [5.41, 5.74) is 0.963. The summed E-state index contributed by atoms with van der Waals surface area (Å²) in [6.07, 6.45) is 3.12. The van der Waals surface area contributed by atoms with E-state index in [1.165, 1.54) is 28.2 Å². The van der Waals surface area contributed by atoms with Crippen LogP contribution in [0, 0.1) is 0 Å².